The Morgan fingerprint density at radius 3 is 2.23 bits per heavy atom. The second kappa shape index (κ2) is 9.49. The van der Waals surface area contributed by atoms with Gasteiger partial charge in [0.2, 0.25) is 5.95 Å². The molecule has 0 spiro atoms. The van der Waals surface area contributed by atoms with E-state index in [9.17, 15) is 5.11 Å². The molecular weight excluding hydrogens is 378 g/mol. The fraction of sp³-hybridized carbons (Fsp3) is 0.545. The van der Waals surface area contributed by atoms with Crippen molar-refractivity contribution in [2.45, 2.75) is 66.2 Å². The maximum atomic E-state index is 9.57. The van der Waals surface area contributed by atoms with Gasteiger partial charge in [-0.2, -0.15) is 9.97 Å². The summed E-state index contributed by atoms with van der Waals surface area (Å²) in [5, 5.41) is 17.3. The van der Waals surface area contributed by atoms with Crippen molar-refractivity contribution >= 4 is 23.3 Å². The number of nitrogens with zero attached hydrogens (tertiary/aromatic N) is 5. The number of aliphatic hydroxyl groups is 1. The van der Waals surface area contributed by atoms with Crippen molar-refractivity contribution in [2.75, 3.05) is 33.4 Å². The molecule has 3 N–H and O–H groups in total. The minimum absolute atomic E-state index is 0.0513. The second-order valence-electron chi connectivity index (χ2n) is 8.42. The monoisotopic (exact) mass is 413 g/mol. The van der Waals surface area contributed by atoms with Crippen LogP contribution in [0.25, 0.3) is 0 Å². The first-order valence-electron chi connectivity index (χ1n) is 10.8. The lowest BCUT2D eigenvalue weighted by Crippen LogP contribution is -2.50. The Balaban J connectivity index is 2.08. The first kappa shape index (κ1) is 22.1. The van der Waals surface area contributed by atoms with Crippen LogP contribution >= 0.6 is 0 Å². The van der Waals surface area contributed by atoms with Gasteiger partial charge in [0, 0.05) is 31.2 Å². The van der Waals surface area contributed by atoms with Crippen molar-refractivity contribution in [1.82, 2.24) is 15.5 Å². The van der Waals surface area contributed by atoms with Crippen LogP contribution in [0, 0.1) is 0 Å². The molecule has 1 aliphatic heterocycles. The lowest BCUT2D eigenvalue weighted by Gasteiger charge is -2.28. The number of hydrazine groups is 2. The van der Waals surface area contributed by atoms with E-state index in [0.29, 0.717) is 19.0 Å². The summed E-state index contributed by atoms with van der Waals surface area (Å²) in [6.07, 6.45) is 0. The van der Waals surface area contributed by atoms with Crippen molar-refractivity contribution in [2.24, 2.45) is 0 Å². The lowest BCUT2D eigenvalue weighted by atomic mass is 10.2. The van der Waals surface area contributed by atoms with E-state index in [1.54, 1.807) is 0 Å². The largest absolute Gasteiger partial charge is 0.395 e. The summed E-state index contributed by atoms with van der Waals surface area (Å²) < 4.78 is 0. The van der Waals surface area contributed by atoms with Crippen LogP contribution in [0.1, 0.15) is 47.1 Å². The average Bonchev–Trinajstić information content (AvgIpc) is 3.11. The molecular formula is C22H35N7O. The third-order valence-corrected chi connectivity index (χ3v) is 5.10. The van der Waals surface area contributed by atoms with Crippen LogP contribution in [0.2, 0.25) is 0 Å². The lowest BCUT2D eigenvalue weighted by molar-refractivity contribution is 0.298. The van der Waals surface area contributed by atoms with Gasteiger partial charge in [-0.3, -0.25) is 10.0 Å². The molecule has 0 fully saturated rings. The van der Waals surface area contributed by atoms with E-state index in [4.69, 9.17) is 9.97 Å². The number of fused-ring (bicyclic) bond motifs is 1. The summed E-state index contributed by atoms with van der Waals surface area (Å²) in [6, 6.07) is 10.9. The molecule has 164 valence electrons. The van der Waals surface area contributed by atoms with Gasteiger partial charge in [0.1, 0.15) is 5.69 Å². The topological polar surface area (TPSA) is 79.8 Å². The van der Waals surface area contributed by atoms with Crippen molar-refractivity contribution in [1.29, 1.82) is 0 Å². The first-order chi connectivity index (χ1) is 14.3. The fourth-order valence-corrected chi connectivity index (χ4v) is 3.50. The molecule has 1 aliphatic rings. The molecule has 0 aliphatic carbocycles. The van der Waals surface area contributed by atoms with Crippen LogP contribution in [0.15, 0.2) is 30.3 Å². The number of hydrogen-bond donors (Lipinski definition) is 3. The Morgan fingerprint density at radius 1 is 1.00 bits per heavy atom. The number of rotatable bonds is 9. The molecule has 1 aromatic carbocycles. The summed E-state index contributed by atoms with van der Waals surface area (Å²) in [6.45, 7) is 13.9. The highest BCUT2D eigenvalue weighted by molar-refractivity contribution is 5.83. The van der Waals surface area contributed by atoms with Crippen LogP contribution in [0.3, 0.4) is 0 Å². The van der Waals surface area contributed by atoms with Gasteiger partial charge in [-0.1, -0.05) is 30.3 Å². The van der Waals surface area contributed by atoms with Crippen LogP contribution in [0.5, 0.6) is 0 Å². The second-order valence-corrected chi connectivity index (χ2v) is 8.42. The Bertz CT molecular complexity index is 826. The van der Waals surface area contributed by atoms with E-state index in [-0.39, 0.29) is 24.7 Å². The standard InChI is InChI=1S/C22H35N7O/c1-15(2)27(12-13-30)22-24-20(23-14-18-10-8-7-9-11-18)19-21(25-22)29(17(5)6)26-28(19)16(3)4/h7-11,15-17,26,30H,12-14H2,1-6H3,(H,23,24,25). The molecule has 2 aromatic rings. The summed E-state index contributed by atoms with van der Waals surface area (Å²) >= 11 is 0. The fourth-order valence-electron chi connectivity index (χ4n) is 3.50. The number of hydrogen-bond acceptors (Lipinski definition) is 8. The van der Waals surface area contributed by atoms with E-state index in [1.165, 1.54) is 5.56 Å². The molecule has 0 saturated carbocycles. The summed E-state index contributed by atoms with van der Waals surface area (Å²) in [5.74, 6) is 2.25. The third-order valence-electron chi connectivity index (χ3n) is 5.10. The molecule has 1 aromatic heterocycles. The van der Waals surface area contributed by atoms with Gasteiger partial charge in [0.15, 0.2) is 11.6 Å². The van der Waals surface area contributed by atoms with Crippen LogP contribution in [-0.4, -0.2) is 46.4 Å². The third kappa shape index (κ3) is 4.60. The summed E-state index contributed by atoms with van der Waals surface area (Å²) in [5.41, 5.74) is 5.61. The maximum Gasteiger partial charge on any atom is 0.229 e. The summed E-state index contributed by atoms with van der Waals surface area (Å²) in [4.78, 5) is 11.9. The van der Waals surface area contributed by atoms with Crippen molar-refractivity contribution in [3.63, 3.8) is 0 Å². The predicted molar refractivity (Wildman–Crippen MR) is 124 cm³/mol. The van der Waals surface area contributed by atoms with Crippen molar-refractivity contribution < 1.29 is 5.11 Å². The minimum atomic E-state index is 0.0513. The van der Waals surface area contributed by atoms with Gasteiger partial charge in [-0.05, 0) is 47.1 Å². The molecule has 8 nitrogen and oxygen atoms in total. The molecule has 0 atom stereocenters. The van der Waals surface area contributed by atoms with Gasteiger partial charge < -0.3 is 15.3 Å². The Morgan fingerprint density at radius 2 is 1.67 bits per heavy atom. The number of anilines is 4. The van der Waals surface area contributed by atoms with E-state index in [0.717, 1.165) is 17.3 Å². The van der Waals surface area contributed by atoms with Gasteiger partial charge in [-0.25, -0.2) is 0 Å². The number of nitrogens with one attached hydrogen (secondary N) is 2. The maximum absolute atomic E-state index is 9.57. The SMILES string of the molecule is CC(C)N(CCO)c1nc(NCc2ccccc2)c2c(n1)N(C(C)C)NN2C(C)C. The average molecular weight is 414 g/mol. The smallest absolute Gasteiger partial charge is 0.229 e. The minimum Gasteiger partial charge on any atom is -0.395 e. The zero-order valence-electron chi connectivity index (χ0n) is 18.9. The molecule has 2 heterocycles. The Labute approximate surface area is 179 Å². The molecule has 3 rings (SSSR count). The van der Waals surface area contributed by atoms with Crippen LogP contribution in [0.4, 0.5) is 23.3 Å². The van der Waals surface area contributed by atoms with Crippen LogP contribution in [-0.2, 0) is 6.54 Å². The van der Waals surface area contributed by atoms with Crippen molar-refractivity contribution in [3.05, 3.63) is 35.9 Å². The van der Waals surface area contributed by atoms with E-state index < -0.39 is 0 Å². The van der Waals surface area contributed by atoms with E-state index >= 15 is 0 Å². The van der Waals surface area contributed by atoms with Gasteiger partial charge in [0.25, 0.3) is 0 Å². The zero-order valence-corrected chi connectivity index (χ0v) is 18.9. The molecule has 0 bridgehead atoms. The quantitative estimate of drug-likeness (QED) is 0.579. The predicted octanol–water partition coefficient (Wildman–Crippen LogP) is 3.16. The first-order valence-corrected chi connectivity index (χ1v) is 10.8. The van der Waals surface area contributed by atoms with Gasteiger partial charge in [-0.15, -0.1) is 5.53 Å². The highest BCUT2D eigenvalue weighted by atomic mass is 16.3. The molecule has 30 heavy (non-hydrogen) atoms. The highest BCUT2D eigenvalue weighted by Crippen LogP contribution is 2.41. The van der Waals surface area contributed by atoms with Crippen molar-refractivity contribution in [3.8, 4) is 0 Å². The van der Waals surface area contributed by atoms with E-state index in [1.807, 2.05) is 23.1 Å². The number of aliphatic hydroxyl groups excluding tert-OH is 1. The molecule has 0 unspecified atom stereocenters. The molecule has 8 heteroatoms. The molecule has 0 saturated heterocycles. The number of benzene rings is 1. The highest BCUT2D eigenvalue weighted by Gasteiger charge is 2.35. The Hall–Kier alpha value is -2.58. The van der Waals surface area contributed by atoms with Crippen LogP contribution < -0.4 is 25.8 Å². The van der Waals surface area contributed by atoms with Gasteiger partial charge in [0.05, 0.1) is 6.61 Å². The van der Waals surface area contributed by atoms with Gasteiger partial charge >= 0.3 is 0 Å². The molecule has 0 amide bonds. The summed E-state index contributed by atoms with van der Waals surface area (Å²) in [7, 11) is 0. The zero-order chi connectivity index (χ0) is 21.8. The van der Waals surface area contributed by atoms with E-state index in [2.05, 4.69) is 74.5 Å². The Kier molecular flexibility index (Phi) is 6.99. The molecule has 0 radical (unpaired) electrons. The normalized spacial score (nSPS) is 13.5. The number of aromatic nitrogens is 2.